The number of oxazole rings is 1. The molecule has 5 aromatic rings. The summed E-state index contributed by atoms with van der Waals surface area (Å²) in [5.74, 6) is 1.16. The van der Waals surface area contributed by atoms with Crippen molar-refractivity contribution in [2.24, 2.45) is 0 Å². The van der Waals surface area contributed by atoms with Gasteiger partial charge in [0.25, 0.3) is 0 Å². The summed E-state index contributed by atoms with van der Waals surface area (Å²) in [6.45, 7) is 0. The monoisotopic (exact) mass is 611 g/mol. The first-order valence-corrected chi connectivity index (χ1v) is 12.8. The molecule has 0 bridgehead atoms. The molecule has 0 fully saturated rings. The van der Waals surface area contributed by atoms with Gasteiger partial charge in [-0.15, -0.1) is 0 Å². The molecule has 3 aromatic carbocycles. The van der Waals surface area contributed by atoms with Crippen molar-refractivity contribution in [3.05, 3.63) is 99.2 Å². The number of hydrogen-bond acceptors (Lipinski definition) is 5. The minimum absolute atomic E-state index is 0.138. The summed E-state index contributed by atoms with van der Waals surface area (Å²) in [7, 11) is 0. The number of furan rings is 1. The molecule has 1 amide bonds. The van der Waals surface area contributed by atoms with Crippen LogP contribution in [0.2, 0.25) is 10.0 Å². The summed E-state index contributed by atoms with van der Waals surface area (Å²) in [5, 5.41) is 6.74. The summed E-state index contributed by atoms with van der Waals surface area (Å²) in [6, 6.07) is 21.7. The molecule has 10 heteroatoms. The number of anilines is 1. The first-order chi connectivity index (χ1) is 17.8. The lowest BCUT2D eigenvalue weighted by Crippen LogP contribution is -2.32. The molecule has 6 nitrogen and oxygen atoms in total. The number of carbonyl (C=O) groups excluding carboxylic acids is 1. The van der Waals surface area contributed by atoms with Crippen molar-refractivity contribution in [2.75, 3.05) is 5.32 Å². The average Bonchev–Trinajstić information content (AvgIpc) is 3.49. The standard InChI is InChI=1S/C27H16BrCl2N3O3S/c28-17-3-1-15(2-4-17)26-32-22-14-20(5-8-24(22)36-26)31-27(37)33-25(34)10-7-21-6-9-23(35-21)16-11-18(29)13-19(30)12-16/h1-14H,(H2,31,33,34,37)/b10-7+. The molecule has 0 saturated carbocycles. The van der Waals surface area contributed by atoms with E-state index in [4.69, 9.17) is 44.3 Å². The number of thiocarbonyl (C=S) groups is 1. The fourth-order valence-electron chi connectivity index (χ4n) is 3.49. The largest absolute Gasteiger partial charge is 0.457 e. The van der Waals surface area contributed by atoms with Crippen LogP contribution in [0, 0.1) is 0 Å². The molecular weight excluding hydrogens is 597 g/mol. The lowest BCUT2D eigenvalue weighted by Gasteiger charge is -2.07. The van der Waals surface area contributed by atoms with E-state index < -0.39 is 5.91 Å². The van der Waals surface area contributed by atoms with Gasteiger partial charge in [0.2, 0.25) is 11.8 Å². The zero-order valence-corrected chi connectivity index (χ0v) is 22.7. The summed E-state index contributed by atoms with van der Waals surface area (Å²) in [6.07, 6.45) is 2.87. The first-order valence-electron chi connectivity index (χ1n) is 10.9. The number of rotatable bonds is 5. The van der Waals surface area contributed by atoms with Crippen LogP contribution in [-0.2, 0) is 4.79 Å². The maximum Gasteiger partial charge on any atom is 0.250 e. The third-order valence-corrected chi connectivity index (χ3v) is 6.32. The van der Waals surface area contributed by atoms with Gasteiger partial charge in [-0.25, -0.2) is 4.98 Å². The Balaban J connectivity index is 1.20. The highest BCUT2D eigenvalue weighted by molar-refractivity contribution is 9.10. The van der Waals surface area contributed by atoms with Crippen molar-refractivity contribution in [2.45, 2.75) is 0 Å². The number of amides is 1. The number of hydrogen-bond donors (Lipinski definition) is 2. The smallest absolute Gasteiger partial charge is 0.250 e. The quantitative estimate of drug-likeness (QED) is 0.153. The summed E-state index contributed by atoms with van der Waals surface area (Å²) >= 11 is 20.8. The molecule has 0 spiro atoms. The number of aromatic nitrogens is 1. The van der Waals surface area contributed by atoms with E-state index in [1.54, 1.807) is 54.6 Å². The van der Waals surface area contributed by atoms with Gasteiger partial charge in [-0.05, 0) is 91.1 Å². The van der Waals surface area contributed by atoms with Crippen LogP contribution in [-0.4, -0.2) is 16.0 Å². The molecule has 0 unspecified atom stereocenters. The number of fused-ring (bicyclic) bond motifs is 1. The van der Waals surface area contributed by atoms with Crippen LogP contribution in [0.15, 0.2) is 92.2 Å². The van der Waals surface area contributed by atoms with Crippen molar-refractivity contribution < 1.29 is 13.6 Å². The summed E-state index contributed by atoms with van der Waals surface area (Å²) in [4.78, 5) is 16.9. The fourth-order valence-corrected chi connectivity index (χ4v) is 4.50. The van der Waals surface area contributed by atoms with E-state index in [2.05, 4.69) is 31.5 Å². The van der Waals surface area contributed by atoms with Gasteiger partial charge in [0.15, 0.2) is 10.7 Å². The molecule has 5 rings (SSSR count). The van der Waals surface area contributed by atoms with Gasteiger partial charge >= 0.3 is 0 Å². The van der Waals surface area contributed by atoms with Crippen molar-refractivity contribution in [3.63, 3.8) is 0 Å². The lowest BCUT2D eigenvalue weighted by atomic mass is 10.2. The van der Waals surface area contributed by atoms with Crippen molar-refractivity contribution in [1.29, 1.82) is 0 Å². The van der Waals surface area contributed by atoms with E-state index in [0.29, 0.717) is 44.2 Å². The van der Waals surface area contributed by atoms with Crippen LogP contribution in [0.5, 0.6) is 0 Å². The van der Waals surface area contributed by atoms with E-state index in [0.717, 1.165) is 15.6 Å². The number of benzene rings is 3. The average molecular weight is 613 g/mol. The van der Waals surface area contributed by atoms with E-state index in [1.165, 1.54) is 6.08 Å². The summed E-state index contributed by atoms with van der Waals surface area (Å²) < 4.78 is 12.6. The molecule has 0 aliphatic rings. The SMILES string of the molecule is O=C(/C=C/c1ccc(-c2cc(Cl)cc(Cl)c2)o1)NC(=S)Nc1ccc2oc(-c3ccc(Br)cc3)nc2c1. The van der Waals surface area contributed by atoms with E-state index in [-0.39, 0.29) is 5.11 Å². The first kappa shape index (κ1) is 25.2. The van der Waals surface area contributed by atoms with Crippen molar-refractivity contribution in [3.8, 4) is 22.8 Å². The zero-order chi connectivity index (χ0) is 25.9. The van der Waals surface area contributed by atoms with Crippen molar-refractivity contribution in [1.82, 2.24) is 10.3 Å². The highest BCUT2D eigenvalue weighted by atomic mass is 79.9. The molecule has 0 atom stereocenters. The third kappa shape index (κ3) is 6.29. The predicted octanol–water partition coefficient (Wildman–Crippen LogP) is 8.35. The minimum Gasteiger partial charge on any atom is -0.457 e. The van der Waals surface area contributed by atoms with Crippen LogP contribution >= 0.6 is 51.3 Å². The molecule has 2 aromatic heterocycles. The predicted molar refractivity (Wildman–Crippen MR) is 155 cm³/mol. The molecule has 0 aliphatic carbocycles. The maximum atomic E-state index is 12.3. The van der Waals surface area contributed by atoms with E-state index in [9.17, 15) is 4.79 Å². The number of carbonyl (C=O) groups is 1. The normalized spacial score (nSPS) is 11.2. The second-order valence-corrected chi connectivity index (χ2v) is 10.0. The topological polar surface area (TPSA) is 80.3 Å². The second kappa shape index (κ2) is 10.9. The van der Waals surface area contributed by atoms with Crippen LogP contribution < -0.4 is 10.6 Å². The van der Waals surface area contributed by atoms with Gasteiger partial charge in [0.05, 0.1) is 0 Å². The fraction of sp³-hybridized carbons (Fsp3) is 0. The molecule has 37 heavy (non-hydrogen) atoms. The highest BCUT2D eigenvalue weighted by Crippen LogP contribution is 2.29. The van der Waals surface area contributed by atoms with Crippen LogP contribution in [0.25, 0.3) is 40.0 Å². The van der Waals surface area contributed by atoms with Crippen LogP contribution in [0.3, 0.4) is 0 Å². The number of nitrogens with zero attached hydrogens (tertiary/aromatic N) is 1. The Hall–Kier alpha value is -3.43. The molecular formula is C27H16BrCl2N3O3S. The Morgan fingerprint density at radius 3 is 2.43 bits per heavy atom. The number of halogens is 3. The van der Waals surface area contributed by atoms with Gasteiger partial charge in [0.1, 0.15) is 17.0 Å². The molecule has 184 valence electrons. The van der Waals surface area contributed by atoms with Crippen LogP contribution in [0.4, 0.5) is 5.69 Å². The van der Waals surface area contributed by atoms with Gasteiger partial charge < -0.3 is 14.2 Å². The molecule has 2 heterocycles. The second-order valence-electron chi connectivity index (χ2n) is 7.85. The van der Waals surface area contributed by atoms with Gasteiger partial charge in [-0.2, -0.15) is 0 Å². The van der Waals surface area contributed by atoms with Gasteiger partial charge in [-0.1, -0.05) is 39.1 Å². The Labute approximate surface area is 235 Å². The van der Waals surface area contributed by atoms with E-state index in [1.807, 2.05) is 24.3 Å². The maximum absolute atomic E-state index is 12.3. The van der Waals surface area contributed by atoms with Gasteiger partial charge in [-0.3, -0.25) is 10.1 Å². The Morgan fingerprint density at radius 1 is 0.919 bits per heavy atom. The molecule has 0 radical (unpaired) electrons. The van der Waals surface area contributed by atoms with Crippen molar-refractivity contribution >= 4 is 85.2 Å². The molecule has 2 N–H and O–H groups in total. The molecule has 0 aliphatic heterocycles. The van der Waals surface area contributed by atoms with Crippen LogP contribution in [0.1, 0.15) is 5.76 Å². The van der Waals surface area contributed by atoms with E-state index >= 15 is 0 Å². The third-order valence-electron chi connectivity index (χ3n) is 5.15. The lowest BCUT2D eigenvalue weighted by molar-refractivity contribution is -0.115. The summed E-state index contributed by atoms with van der Waals surface area (Å²) in [5.41, 5.74) is 3.56. The Morgan fingerprint density at radius 2 is 1.68 bits per heavy atom. The highest BCUT2D eigenvalue weighted by Gasteiger charge is 2.10. The molecule has 0 saturated heterocycles. The Kier molecular flexibility index (Phi) is 7.43. The minimum atomic E-state index is -0.415. The Bertz CT molecular complexity index is 1640. The number of nitrogens with one attached hydrogen (secondary N) is 2. The zero-order valence-electron chi connectivity index (χ0n) is 18.8. The van der Waals surface area contributed by atoms with Gasteiger partial charge in [0, 0.05) is 37.4 Å².